The number of rotatable bonds is 10. The van der Waals surface area contributed by atoms with Crippen LogP contribution in [0.3, 0.4) is 0 Å². The highest BCUT2D eigenvalue weighted by molar-refractivity contribution is 6.14. The predicted molar refractivity (Wildman–Crippen MR) is 554 cm³/mol. The molecule has 23 aromatic rings. The van der Waals surface area contributed by atoms with Crippen LogP contribution >= 0.6 is 0 Å². The van der Waals surface area contributed by atoms with Crippen molar-refractivity contribution in [3.8, 4) is 89.7 Å². The van der Waals surface area contributed by atoms with E-state index in [1.165, 1.54) is 58.4 Å². The number of fused-ring (bicyclic) bond motifs is 15. The van der Waals surface area contributed by atoms with Gasteiger partial charge in [-0.05, 0) is 189 Å². The number of hydrogen-bond donors (Lipinski definition) is 0. The third kappa shape index (κ3) is 16.7. The van der Waals surface area contributed by atoms with Crippen LogP contribution in [0.2, 0.25) is 0 Å². The average molecular weight is 1770 g/mol. The second-order valence-electron chi connectivity index (χ2n) is 35.7. The first-order valence-electron chi connectivity index (χ1n) is 50.9. The Kier molecular flexibility index (Phi) is 20.5. The smallest absolute Gasteiger partial charge is 0.216 e. The second-order valence-corrected chi connectivity index (χ2v) is 35.7. The Morgan fingerprint density at radius 3 is 0.881 bits per heavy atom. The van der Waals surface area contributed by atoms with Gasteiger partial charge in [0.2, 0.25) is 28.5 Å². The third-order valence-corrected chi connectivity index (χ3v) is 26.3. The van der Waals surface area contributed by atoms with E-state index in [-0.39, 0.29) is 0 Å². The first-order valence-corrected chi connectivity index (χ1v) is 45.4. The normalized spacial score (nSPS) is 13.9. The molecule has 0 saturated carbocycles. The van der Waals surface area contributed by atoms with E-state index in [0.717, 1.165) is 205 Å². The lowest BCUT2D eigenvalue weighted by Crippen LogP contribution is -2.32. The quantitative estimate of drug-likeness (QED) is 0.127. The maximum Gasteiger partial charge on any atom is 0.216 e. The van der Waals surface area contributed by atoms with Crippen LogP contribution in [-0.2, 0) is 35.2 Å². The summed E-state index contributed by atoms with van der Waals surface area (Å²) in [5.74, 6) is -3.35. The summed E-state index contributed by atoms with van der Waals surface area (Å²) in [6, 6.07) is 103. The van der Waals surface area contributed by atoms with Gasteiger partial charge in [0.1, 0.15) is 91.1 Å². The van der Waals surface area contributed by atoms with Gasteiger partial charge < -0.3 is 22.1 Å². The first-order chi connectivity index (χ1) is 69.1. The predicted octanol–water partition coefficient (Wildman–Crippen LogP) is 30.7. The van der Waals surface area contributed by atoms with E-state index in [0.29, 0.717) is 16.7 Å². The summed E-state index contributed by atoms with van der Waals surface area (Å²) in [6.45, 7) is 14.4. The van der Waals surface area contributed by atoms with Crippen LogP contribution in [0.4, 0.5) is 0 Å². The molecule has 10 heterocycles. The van der Waals surface area contributed by atoms with Crippen LogP contribution in [0.15, 0.2) is 356 Å². The Hall–Kier alpha value is -15.4. The fourth-order valence-corrected chi connectivity index (χ4v) is 18.9. The molecule has 0 bridgehead atoms. The van der Waals surface area contributed by atoms with Crippen LogP contribution in [0, 0.1) is 69.2 Å². The van der Waals surface area contributed by atoms with Crippen molar-refractivity contribution in [3.63, 3.8) is 0 Å². The van der Waals surface area contributed by atoms with Gasteiger partial charge in [-0.1, -0.05) is 263 Å². The van der Waals surface area contributed by atoms with Gasteiger partial charge in [-0.15, -0.1) is 0 Å². The molecule has 0 aliphatic heterocycles. The van der Waals surface area contributed by atoms with Crippen LogP contribution in [-0.4, -0.2) is 0 Å². The van der Waals surface area contributed by atoms with Crippen molar-refractivity contribution in [2.75, 3.05) is 0 Å². The summed E-state index contributed by atoms with van der Waals surface area (Å²) in [5.41, 5.74) is 37.4. The molecule has 10 nitrogen and oxygen atoms in total. The first kappa shape index (κ1) is 75.3. The van der Waals surface area contributed by atoms with E-state index in [1.54, 1.807) is 24.5 Å². The highest BCUT2D eigenvalue weighted by atomic mass is 16.3. The molecule has 0 amide bonds. The number of pyridine rings is 5. The molecule has 0 saturated heterocycles. The van der Waals surface area contributed by atoms with Crippen molar-refractivity contribution in [3.05, 3.63) is 401 Å². The minimum Gasteiger partial charge on any atom is -0.455 e. The standard InChI is InChI=1S/C28H26NO.2C26H22NO.C23H24NO.C21H20NO/c1-18(2)20-10-12-21(13-11-20)22-15-16-29(4)25(17-22)27-19(3)9-14-24-23-7-5-6-8-26(23)30-28(24)27;1-17-7-6-8-19(15-17)20-13-14-27(3)23(16-20)25-18(2)11-12-22-21-9-4-5-10-24(21)28-26(22)25;1-17-8-11-19(12-9-17)20-14-15-27(3)23(16-20)25-18(2)10-13-22-21-6-4-5-7-24(21)28-26(22)25;1-14(2)19-13-24(5)20(12-16(19)4)22-15(3)10-11-18-17-8-6-7-9-21(17)25-23(18)22;1-13-9-10-17-16-7-5-6-8-19(16)23-21(17)20(13)18-11-14(2)15(3)12-22(18)4/h5-18H,1-4H3;2*4-16H,1-3H3;6-14H,1-5H3;5-12H,1-4H3/q5*+1/i1D3,18D;;;1D3,14D;3D3. The van der Waals surface area contributed by atoms with Crippen molar-refractivity contribution in [1.29, 1.82) is 0 Å². The van der Waals surface area contributed by atoms with Crippen LogP contribution in [0.5, 0.6) is 0 Å². The summed E-state index contributed by atoms with van der Waals surface area (Å²) in [5, 5.41) is 11.1. The zero-order chi connectivity index (χ0) is 103. The van der Waals surface area contributed by atoms with E-state index < -0.39 is 32.3 Å². The molecule has 0 fully saturated rings. The molecule has 2 unspecified atom stereocenters. The lowest BCUT2D eigenvalue weighted by atomic mass is 9.95. The Morgan fingerprint density at radius 1 is 0.239 bits per heavy atom. The maximum absolute atomic E-state index is 8.48. The second kappa shape index (κ2) is 36.4. The minimum atomic E-state index is -2.42. The number of benzene rings is 13. The molecule has 10 heteroatoms. The van der Waals surface area contributed by atoms with Gasteiger partial charge >= 0.3 is 0 Å². The fourth-order valence-electron chi connectivity index (χ4n) is 18.9. The molecular weight excluding hydrogens is 1640 g/mol. The van der Waals surface area contributed by atoms with Gasteiger partial charge in [0, 0.05) is 129 Å². The summed E-state index contributed by atoms with van der Waals surface area (Å²) in [4.78, 5) is 0. The van der Waals surface area contributed by atoms with Crippen LogP contribution < -0.4 is 22.8 Å². The monoisotopic (exact) mass is 1760 g/mol. The zero-order valence-corrected chi connectivity index (χ0v) is 78.5. The number of para-hydroxylation sites is 5. The number of furan rings is 5. The van der Waals surface area contributed by atoms with Gasteiger partial charge in [-0.25, -0.2) is 22.8 Å². The Labute approximate surface area is 799 Å². The lowest BCUT2D eigenvalue weighted by Gasteiger charge is -2.11. The van der Waals surface area contributed by atoms with E-state index in [1.807, 2.05) is 166 Å². The molecular formula is C124H114N5O5+5. The Morgan fingerprint density at radius 2 is 0.545 bits per heavy atom. The van der Waals surface area contributed by atoms with Crippen molar-refractivity contribution in [2.45, 2.75) is 109 Å². The highest BCUT2D eigenvalue weighted by Crippen LogP contribution is 2.45. The third-order valence-electron chi connectivity index (χ3n) is 26.3. The number of aromatic nitrogens is 5. The van der Waals surface area contributed by atoms with Crippen molar-refractivity contribution < 1.29 is 60.0 Å². The summed E-state index contributed by atoms with van der Waals surface area (Å²) >= 11 is 0. The van der Waals surface area contributed by atoms with Crippen molar-refractivity contribution >= 4 is 110 Å². The van der Waals surface area contributed by atoms with Crippen LogP contribution in [0.1, 0.15) is 121 Å². The fraction of sp³-hybridized carbons (Fsp3) is 0.169. The molecule has 134 heavy (non-hydrogen) atoms. The van der Waals surface area contributed by atoms with E-state index in [4.69, 9.17) is 37.2 Å². The van der Waals surface area contributed by atoms with E-state index >= 15 is 0 Å². The van der Waals surface area contributed by atoms with E-state index in [9.17, 15) is 0 Å². The molecule has 23 rings (SSSR count). The lowest BCUT2D eigenvalue weighted by molar-refractivity contribution is -0.661. The molecule has 10 aromatic heterocycles. The molecule has 0 aliphatic carbocycles. The molecule has 2 atom stereocenters. The number of hydrogen-bond acceptors (Lipinski definition) is 5. The zero-order valence-electron chi connectivity index (χ0n) is 89.5. The molecule has 0 spiro atoms. The summed E-state index contributed by atoms with van der Waals surface area (Å²) in [6.07, 6.45) is 9.76. The molecule has 660 valence electrons. The summed E-state index contributed by atoms with van der Waals surface area (Å²) in [7, 11) is 9.97. The van der Waals surface area contributed by atoms with E-state index in [2.05, 4.69) is 264 Å². The Balaban J connectivity index is 0.000000115. The largest absolute Gasteiger partial charge is 0.455 e. The van der Waals surface area contributed by atoms with Gasteiger partial charge in [0.15, 0.2) is 31.0 Å². The molecule has 0 N–H and O–H groups in total. The highest BCUT2D eigenvalue weighted by Gasteiger charge is 2.29. The number of aryl methyl sites for hydroxylation is 15. The summed E-state index contributed by atoms with van der Waals surface area (Å²) < 4.78 is 128. The Bertz CT molecular complexity index is 9020. The topological polar surface area (TPSA) is 85.1 Å². The molecule has 13 aromatic carbocycles. The molecule has 0 radical (unpaired) electrons. The minimum absolute atomic E-state index is 0.373. The molecule has 0 aliphatic rings. The van der Waals surface area contributed by atoms with Crippen molar-refractivity contribution in [2.24, 2.45) is 35.2 Å². The van der Waals surface area contributed by atoms with Crippen molar-refractivity contribution in [1.82, 2.24) is 0 Å². The SMILES string of the molecule is Cc1ccc(-c2cc[n+](C)c(-c3c(C)ccc4c3oc3ccccc34)c2)cc1.Cc1cccc(-c2cc[n+](C)c(-c3c(C)ccc4c3oc3ccccc34)c2)c1.[2H]C([2H])([2H])C([2H])(C)c1c[n+](C)c(-c2c(C)ccc3c2oc2ccccc23)cc1C.[2H]C([2H])([2H])C([2H])(C)c1ccc(-c2cc[n+](C)c(-c3c(C)ccc4c3oc3ccccc34)c2)cc1.[2H]C([2H])([2H])c1c[n+](C)c(-c2c(C)ccc3c2oc2ccccc23)cc1C. The van der Waals surface area contributed by atoms with Gasteiger partial charge in [0.25, 0.3) is 0 Å². The van der Waals surface area contributed by atoms with Gasteiger partial charge in [-0.2, -0.15) is 0 Å². The van der Waals surface area contributed by atoms with Gasteiger partial charge in [0.05, 0.1) is 27.8 Å². The number of nitrogens with zero attached hydrogens (tertiary/aromatic N) is 5. The van der Waals surface area contributed by atoms with Gasteiger partial charge in [-0.3, -0.25) is 0 Å². The maximum atomic E-state index is 8.48. The van der Waals surface area contributed by atoms with Crippen LogP contribution in [0.25, 0.3) is 199 Å². The average Bonchev–Trinajstić information content (AvgIpc) is 1.67.